The van der Waals surface area contributed by atoms with Gasteiger partial charge in [-0.1, -0.05) is 58.2 Å². The Morgan fingerprint density at radius 3 is 2.32 bits per heavy atom. The molecule has 0 N–H and O–H groups in total. The first kappa shape index (κ1) is 17.7. The highest BCUT2D eigenvalue weighted by molar-refractivity contribution is 5.95. The summed E-state index contributed by atoms with van der Waals surface area (Å²) >= 11 is 0. The summed E-state index contributed by atoms with van der Waals surface area (Å²) in [5, 5.41) is 0. The summed E-state index contributed by atoms with van der Waals surface area (Å²) in [4.78, 5) is 14.0. The molecule has 0 aromatic heterocycles. The number of benzene rings is 1. The SMILES string of the molecule is CC.CCCCCCN(C)C(=O)c1ccccc1C. The van der Waals surface area contributed by atoms with Gasteiger partial charge in [0, 0.05) is 19.2 Å². The van der Waals surface area contributed by atoms with Gasteiger partial charge >= 0.3 is 0 Å². The maximum Gasteiger partial charge on any atom is 0.253 e. The molecule has 0 atom stereocenters. The quantitative estimate of drug-likeness (QED) is 0.683. The van der Waals surface area contributed by atoms with E-state index >= 15 is 0 Å². The molecule has 0 unspecified atom stereocenters. The van der Waals surface area contributed by atoms with Crippen LogP contribution in [0.5, 0.6) is 0 Å². The lowest BCUT2D eigenvalue weighted by molar-refractivity contribution is 0.0792. The second kappa shape index (κ2) is 10.6. The van der Waals surface area contributed by atoms with Gasteiger partial charge in [0.05, 0.1) is 0 Å². The molecule has 2 heteroatoms. The first-order chi connectivity index (χ1) is 9.16. The highest BCUT2D eigenvalue weighted by Crippen LogP contribution is 2.10. The van der Waals surface area contributed by atoms with Crippen LogP contribution in [0.2, 0.25) is 0 Å². The van der Waals surface area contributed by atoms with Gasteiger partial charge in [-0.15, -0.1) is 0 Å². The molecular formula is C17H29NO. The molecule has 0 aliphatic rings. The van der Waals surface area contributed by atoms with Crippen LogP contribution < -0.4 is 0 Å². The van der Waals surface area contributed by atoms with Crippen LogP contribution in [0.3, 0.4) is 0 Å². The number of aryl methyl sites for hydroxylation is 1. The monoisotopic (exact) mass is 263 g/mol. The number of rotatable bonds is 6. The van der Waals surface area contributed by atoms with Crippen molar-refractivity contribution in [2.75, 3.05) is 13.6 Å². The molecule has 0 spiro atoms. The molecule has 0 saturated carbocycles. The molecule has 1 aromatic carbocycles. The van der Waals surface area contributed by atoms with Crippen molar-refractivity contribution in [3.63, 3.8) is 0 Å². The van der Waals surface area contributed by atoms with Crippen molar-refractivity contribution in [2.24, 2.45) is 0 Å². The molecule has 2 nitrogen and oxygen atoms in total. The van der Waals surface area contributed by atoms with Crippen molar-refractivity contribution in [3.05, 3.63) is 35.4 Å². The molecule has 108 valence electrons. The molecule has 19 heavy (non-hydrogen) atoms. The Balaban J connectivity index is 0.00000154. The number of carbonyl (C=O) groups is 1. The minimum atomic E-state index is 0.139. The largest absolute Gasteiger partial charge is 0.342 e. The molecule has 1 amide bonds. The summed E-state index contributed by atoms with van der Waals surface area (Å²) in [5.41, 5.74) is 1.88. The Kier molecular flexibility index (Phi) is 9.87. The van der Waals surface area contributed by atoms with Crippen molar-refractivity contribution < 1.29 is 4.79 Å². The van der Waals surface area contributed by atoms with Gasteiger partial charge in [0.2, 0.25) is 0 Å². The fourth-order valence-electron chi connectivity index (χ4n) is 1.90. The zero-order valence-electron chi connectivity index (χ0n) is 13.2. The third-order valence-electron chi connectivity index (χ3n) is 3.07. The van der Waals surface area contributed by atoms with E-state index in [9.17, 15) is 4.79 Å². The Hall–Kier alpha value is -1.31. The predicted molar refractivity (Wildman–Crippen MR) is 83.6 cm³/mol. The zero-order chi connectivity index (χ0) is 14.7. The average molecular weight is 263 g/mol. The molecule has 0 fully saturated rings. The van der Waals surface area contributed by atoms with E-state index in [2.05, 4.69) is 6.92 Å². The minimum Gasteiger partial charge on any atom is -0.342 e. The first-order valence-corrected chi connectivity index (χ1v) is 7.48. The number of amides is 1. The standard InChI is InChI=1S/C15H23NO.C2H6/c1-4-5-6-9-12-16(3)15(17)14-11-8-7-10-13(14)2;1-2/h7-8,10-11H,4-6,9,12H2,1-3H3;1-2H3. The van der Waals surface area contributed by atoms with E-state index in [1.165, 1.54) is 19.3 Å². The molecular weight excluding hydrogens is 234 g/mol. The summed E-state index contributed by atoms with van der Waals surface area (Å²) < 4.78 is 0. The fourth-order valence-corrected chi connectivity index (χ4v) is 1.90. The lowest BCUT2D eigenvalue weighted by atomic mass is 10.1. The number of hydrogen-bond acceptors (Lipinski definition) is 1. The molecule has 1 aromatic rings. The van der Waals surface area contributed by atoms with Gasteiger partial charge in [0.1, 0.15) is 0 Å². The molecule has 0 bridgehead atoms. The number of hydrogen-bond donors (Lipinski definition) is 0. The van der Waals surface area contributed by atoms with Crippen LogP contribution in [0.25, 0.3) is 0 Å². The second-order valence-corrected chi connectivity index (χ2v) is 4.60. The Morgan fingerprint density at radius 1 is 1.11 bits per heavy atom. The molecule has 0 aliphatic carbocycles. The maximum atomic E-state index is 12.2. The Bertz CT molecular complexity index is 360. The lowest BCUT2D eigenvalue weighted by Gasteiger charge is -2.18. The van der Waals surface area contributed by atoms with E-state index < -0.39 is 0 Å². The van der Waals surface area contributed by atoms with Crippen LogP contribution >= 0.6 is 0 Å². The van der Waals surface area contributed by atoms with Gasteiger partial charge in [-0.05, 0) is 25.0 Å². The molecule has 1 rings (SSSR count). The van der Waals surface area contributed by atoms with E-state index in [1.54, 1.807) is 0 Å². The predicted octanol–water partition coefficient (Wildman–Crippen LogP) is 4.67. The topological polar surface area (TPSA) is 20.3 Å². The summed E-state index contributed by atoms with van der Waals surface area (Å²) in [6.07, 6.45) is 4.80. The van der Waals surface area contributed by atoms with Crippen LogP contribution in [-0.4, -0.2) is 24.4 Å². The number of carbonyl (C=O) groups excluding carboxylic acids is 1. The van der Waals surface area contributed by atoms with Gasteiger partial charge in [-0.3, -0.25) is 4.79 Å². The summed E-state index contributed by atoms with van der Waals surface area (Å²) in [7, 11) is 1.89. The second-order valence-electron chi connectivity index (χ2n) is 4.60. The van der Waals surface area contributed by atoms with Gasteiger partial charge in [-0.25, -0.2) is 0 Å². The van der Waals surface area contributed by atoms with E-state index in [4.69, 9.17) is 0 Å². The van der Waals surface area contributed by atoms with Crippen LogP contribution in [0.1, 0.15) is 62.4 Å². The van der Waals surface area contributed by atoms with E-state index in [-0.39, 0.29) is 5.91 Å². The van der Waals surface area contributed by atoms with Crippen LogP contribution in [0.4, 0.5) is 0 Å². The fraction of sp³-hybridized carbons (Fsp3) is 0.588. The highest BCUT2D eigenvalue weighted by Gasteiger charge is 2.12. The number of nitrogens with zero attached hydrogens (tertiary/aromatic N) is 1. The van der Waals surface area contributed by atoms with E-state index in [0.29, 0.717) is 0 Å². The van der Waals surface area contributed by atoms with Gasteiger partial charge in [0.15, 0.2) is 0 Å². The third-order valence-corrected chi connectivity index (χ3v) is 3.07. The molecule has 0 saturated heterocycles. The zero-order valence-corrected chi connectivity index (χ0v) is 13.2. The van der Waals surface area contributed by atoms with Crippen molar-refractivity contribution >= 4 is 5.91 Å². The van der Waals surface area contributed by atoms with Gasteiger partial charge < -0.3 is 4.90 Å². The van der Waals surface area contributed by atoms with Crippen molar-refractivity contribution in [3.8, 4) is 0 Å². The smallest absolute Gasteiger partial charge is 0.253 e. The Labute approximate surface area is 118 Å². The maximum absolute atomic E-state index is 12.2. The van der Waals surface area contributed by atoms with Crippen LogP contribution in [0.15, 0.2) is 24.3 Å². The van der Waals surface area contributed by atoms with Gasteiger partial charge in [0.25, 0.3) is 5.91 Å². The summed E-state index contributed by atoms with van der Waals surface area (Å²) in [6.45, 7) is 9.04. The first-order valence-electron chi connectivity index (χ1n) is 7.48. The average Bonchev–Trinajstić information content (AvgIpc) is 2.45. The Morgan fingerprint density at radius 2 is 1.74 bits per heavy atom. The third kappa shape index (κ3) is 6.42. The highest BCUT2D eigenvalue weighted by atomic mass is 16.2. The summed E-state index contributed by atoms with van der Waals surface area (Å²) in [6, 6.07) is 7.77. The molecule has 0 radical (unpaired) electrons. The van der Waals surface area contributed by atoms with Gasteiger partial charge in [-0.2, -0.15) is 0 Å². The summed E-state index contributed by atoms with van der Waals surface area (Å²) in [5.74, 6) is 0.139. The van der Waals surface area contributed by atoms with Crippen LogP contribution in [0, 0.1) is 6.92 Å². The number of unbranched alkanes of at least 4 members (excludes halogenated alkanes) is 3. The van der Waals surface area contributed by atoms with Crippen molar-refractivity contribution in [1.82, 2.24) is 4.90 Å². The molecule has 0 heterocycles. The lowest BCUT2D eigenvalue weighted by Crippen LogP contribution is -2.28. The van der Waals surface area contributed by atoms with Crippen molar-refractivity contribution in [2.45, 2.75) is 53.4 Å². The van der Waals surface area contributed by atoms with E-state index in [1.807, 2.05) is 57.0 Å². The molecule has 0 aliphatic heterocycles. The minimum absolute atomic E-state index is 0.139. The van der Waals surface area contributed by atoms with E-state index in [0.717, 1.165) is 24.1 Å². The normalized spacial score (nSPS) is 9.53. The van der Waals surface area contributed by atoms with Crippen molar-refractivity contribution in [1.29, 1.82) is 0 Å². The van der Waals surface area contributed by atoms with Crippen LogP contribution in [-0.2, 0) is 0 Å².